The van der Waals surface area contributed by atoms with Gasteiger partial charge in [0.1, 0.15) is 0 Å². The summed E-state index contributed by atoms with van der Waals surface area (Å²) in [6, 6.07) is 12.9. The Labute approximate surface area is 180 Å². The second kappa shape index (κ2) is 9.09. The number of benzene rings is 1. The van der Waals surface area contributed by atoms with Crippen LogP contribution in [0.5, 0.6) is 5.88 Å². The SMILES string of the molecule is COc1cc(CNc2nnc(Cl)cc2C(=O)Nc2ccc(C(C)(C)C)cc2)ccn1. The number of aromatic nitrogens is 3. The van der Waals surface area contributed by atoms with E-state index in [0.717, 1.165) is 5.56 Å². The molecule has 0 radical (unpaired) electrons. The molecule has 2 aromatic heterocycles. The van der Waals surface area contributed by atoms with Gasteiger partial charge in [0.25, 0.3) is 5.91 Å². The van der Waals surface area contributed by atoms with Gasteiger partial charge in [-0.2, -0.15) is 0 Å². The van der Waals surface area contributed by atoms with Crippen molar-refractivity contribution in [2.24, 2.45) is 0 Å². The maximum atomic E-state index is 12.9. The lowest BCUT2D eigenvalue weighted by Crippen LogP contribution is -2.17. The lowest BCUT2D eigenvalue weighted by atomic mass is 9.87. The minimum absolute atomic E-state index is 0.0395. The van der Waals surface area contributed by atoms with Crippen molar-refractivity contribution in [3.05, 3.63) is 70.5 Å². The standard InChI is InChI=1S/C22H24ClN5O2/c1-22(2,3)15-5-7-16(8-6-15)26-21(29)17-12-18(23)27-28-20(17)25-13-14-9-10-24-19(11-14)30-4/h5-12H,13H2,1-4H3,(H,25,28)(H,26,29). The van der Waals surface area contributed by atoms with Crippen molar-refractivity contribution in [2.45, 2.75) is 32.7 Å². The predicted molar refractivity (Wildman–Crippen MR) is 118 cm³/mol. The van der Waals surface area contributed by atoms with Gasteiger partial charge in [-0.3, -0.25) is 4.79 Å². The molecule has 2 heterocycles. The van der Waals surface area contributed by atoms with Crippen molar-refractivity contribution in [1.82, 2.24) is 15.2 Å². The molecule has 0 aliphatic rings. The molecule has 0 atom stereocenters. The largest absolute Gasteiger partial charge is 0.481 e. The molecule has 1 aromatic carbocycles. The van der Waals surface area contributed by atoms with E-state index in [1.807, 2.05) is 30.3 Å². The highest BCUT2D eigenvalue weighted by molar-refractivity contribution is 6.30. The van der Waals surface area contributed by atoms with Crippen molar-refractivity contribution in [1.29, 1.82) is 0 Å². The summed E-state index contributed by atoms with van der Waals surface area (Å²) in [6.07, 6.45) is 1.65. The Balaban J connectivity index is 1.76. The van der Waals surface area contributed by atoms with Crippen molar-refractivity contribution in [2.75, 3.05) is 17.7 Å². The Morgan fingerprint density at radius 3 is 2.50 bits per heavy atom. The molecule has 0 unspecified atom stereocenters. The Bertz CT molecular complexity index is 1030. The van der Waals surface area contributed by atoms with E-state index in [2.05, 4.69) is 46.6 Å². The summed E-state index contributed by atoms with van der Waals surface area (Å²) in [6.45, 7) is 6.83. The first-order valence-corrected chi connectivity index (χ1v) is 9.82. The number of nitrogens with one attached hydrogen (secondary N) is 2. The first-order chi connectivity index (χ1) is 14.3. The lowest BCUT2D eigenvalue weighted by Gasteiger charge is -2.19. The average molecular weight is 426 g/mol. The van der Waals surface area contributed by atoms with Gasteiger partial charge in [-0.15, -0.1) is 10.2 Å². The fraction of sp³-hybridized carbons (Fsp3) is 0.273. The van der Waals surface area contributed by atoms with Gasteiger partial charge >= 0.3 is 0 Å². The smallest absolute Gasteiger partial charge is 0.259 e. The van der Waals surface area contributed by atoms with Crippen LogP contribution in [0.3, 0.4) is 0 Å². The number of hydrogen-bond donors (Lipinski definition) is 2. The molecule has 0 spiro atoms. The summed E-state index contributed by atoms with van der Waals surface area (Å²) in [7, 11) is 1.56. The van der Waals surface area contributed by atoms with Crippen LogP contribution in [0, 0.1) is 0 Å². The van der Waals surface area contributed by atoms with Crippen LogP contribution in [0.15, 0.2) is 48.7 Å². The van der Waals surface area contributed by atoms with Crippen molar-refractivity contribution in [3.63, 3.8) is 0 Å². The Morgan fingerprint density at radius 1 is 1.10 bits per heavy atom. The van der Waals surface area contributed by atoms with Crippen LogP contribution >= 0.6 is 11.6 Å². The van der Waals surface area contributed by atoms with Gasteiger partial charge in [0, 0.05) is 24.5 Å². The second-order valence-electron chi connectivity index (χ2n) is 7.77. The first-order valence-electron chi connectivity index (χ1n) is 9.44. The van der Waals surface area contributed by atoms with Gasteiger partial charge in [0.2, 0.25) is 5.88 Å². The number of halogens is 1. The van der Waals surface area contributed by atoms with Crippen molar-refractivity contribution in [3.8, 4) is 5.88 Å². The molecule has 8 heteroatoms. The van der Waals surface area contributed by atoms with Crippen molar-refractivity contribution >= 4 is 29.0 Å². The maximum absolute atomic E-state index is 12.9. The van der Waals surface area contributed by atoms with Gasteiger partial charge in [-0.05, 0) is 40.8 Å². The summed E-state index contributed by atoms with van der Waals surface area (Å²) in [5, 5.41) is 14.0. The van der Waals surface area contributed by atoms with E-state index in [9.17, 15) is 4.79 Å². The lowest BCUT2D eigenvalue weighted by molar-refractivity contribution is 0.102. The molecular formula is C22H24ClN5O2. The van der Waals surface area contributed by atoms with Crippen LogP contribution in [0.1, 0.15) is 42.3 Å². The summed E-state index contributed by atoms with van der Waals surface area (Å²) < 4.78 is 5.13. The molecular weight excluding hydrogens is 402 g/mol. The van der Waals surface area contributed by atoms with Crippen LogP contribution in [0.2, 0.25) is 5.15 Å². The average Bonchev–Trinajstić information content (AvgIpc) is 2.72. The topological polar surface area (TPSA) is 89.0 Å². The van der Waals surface area contributed by atoms with Gasteiger partial charge in [0.05, 0.1) is 12.7 Å². The molecule has 0 aliphatic carbocycles. The molecule has 2 N–H and O–H groups in total. The molecule has 0 aliphatic heterocycles. The van der Waals surface area contributed by atoms with Gasteiger partial charge in [-0.25, -0.2) is 4.98 Å². The van der Waals surface area contributed by atoms with E-state index in [-0.39, 0.29) is 16.5 Å². The number of carbonyl (C=O) groups is 1. The highest BCUT2D eigenvalue weighted by atomic mass is 35.5. The number of anilines is 2. The molecule has 3 rings (SSSR count). The highest BCUT2D eigenvalue weighted by Crippen LogP contribution is 2.24. The van der Waals surface area contributed by atoms with E-state index in [1.54, 1.807) is 19.4 Å². The molecule has 1 amide bonds. The Morgan fingerprint density at radius 2 is 1.83 bits per heavy atom. The highest BCUT2D eigenvalue weighted by Gasteiger charge is 2.17. The van der Waals surface area contributed by atoms with Gasteiger partial charge in [0.15, 0.2) is 11.0 Å². The second-order valence-corrected chi connectivity index (χ2v) is 8.16. The quantitative estimate of drug-likeness (QED) is 0.595. The molecule has 3 aromatic rings. The molecule has 0 saturated heterocycles. The summed E-state index contributed by atoms with van der Waals surface area (Å²) in [5.41, 5.74) is 3.13. The molecule has 0 bridgehead atoms. The number of methoxy groups -OCH3 is 1. The van der Waals surface area contributed by atoms with Crippen LogP contribution < -0.4 is 15.4 Å². The van der Waals surface area contributed by atoms with E-state index in [1.165, 1.54) is 11.6 Å². The molecule has 0 saturated carbocycles. The minimum Gasteiger partial charge on any atom is -0.481 e. The summed E-state index contributed by atoms with van der Waals surface area (Å²) in [4.78, 5) is 17.0. The third-order valence-corrected chi connectivity index (χ3v) is 4.67. The first kappa shape index (κ1) is 21.5. The fourth-order valence-electron chi connectivity index (χ4n) is 2.78. The predicted octanol–water partition coefficient (Wildman–Crippen LogP) is 4.70. The number of pyridine rings is 1. The van der Waals surface area contributed by atoms with Gasteiger partial charge in [-0.1, -0.05) is 44.5 Å². The summed E-state index contributed by atoms with van der Waals surface area (Å²) in [5.74, 6) is 0.511. The number of hydrogen-bond acceptors (Lipinski definition) is 6. The van der Waals surface area contributed by atoms with Crippen LogP contribution in [0.4, 0.5) is 11.5 Å². The Hall–Kier alpha value is -3.19. The molecule has 30 heavy (non-hydrogen) atoms. The molecule has 156 valence electrons. The third kappa shape index (κ3) is 5.45. The minimum atomic E-state index is -0.329. The number of amides is 1. The van der Waals surface area contributed by atoms with E-state index >= 15 is 0 Å². The van der Waals surface area contributed by atoms with E-state index in [4.69, 9.17) is 16.3 Å². The third-order valence-electron chi connectivity index (χ3n) is 4.49. The van der Waals surface area contributed by atoms with Crippen LogP contribution in [0.25, 0.3) is 0 Å². The molecule has 0 fully saturated rings. The van der Waals surface area contributed by atoms with Crippen molar-refractivity contribution < 1.29 is 9.53 Å². The van der Waals surface area contributed by atoms with Crippen LogP contribution in [-0.4, -0.2) is 28.2 Å². The number of rotatable bonds is 6. The fourth-order valence-corrected chi connectivity index (χ4v) is 2.93. The molecule has 7 nitrogen and oxygen atoms in total. The summed E-state index contributed by atoms with van der Waals surface area (Å²) >= 11 is 5.99. The maximum Gasteiger partial charge on any atom is 0.259 e. The zero-order valence-corrected chi connectivity index (χ0v) is 18.1. The zero-order valence-electron chi connectivity index (χ0n) is 17.4. The van der Waals surface area contributed by atoms with E-state index < -0.39 is 0 Å². The number of carbonyl (C=O) groups excluding carboxylic acids is 1. The normalized spacial score (nSPS) is 11.1. The Kier molecular flexibility index (Phi) is 6.52. The zero-order chi connectivity index (χ0) is 21.7. The monoisotopic (exact) mass is 425 g/mol. The number of nitrogens with zero attached hydrogens (tertiary/aromatic N) is 3. The van der Waals surface area contributed by atoms with Gasteiger partial charge < -0.3 is 15.4 Å². The van der Waals surface area contributed by atoms with E-state index in [0.29, 0.717) is 29.5 Å². The van der Waals surface area contributed by atoms with Crippen LogP contribution in [-0.2, 0) is 12.0 Å². The number of ether oxygens (including phenoxy) is 1.